The van der Waals surface area contributed by atoms with Crippen LogP contribution in [0.25, 0.3) is 0 Å². The Bertz CT molecular complexity index is 891. The molecule has 5 heteroatoms. The number of rotatable bonds is 56. The molecule has 64 heavy (non-hydrogen) atoms. The largest absolute Gasteiger partial charge is 0.462 e. The van der Waals surface area contributed by atoms with Gasteiger partial charge in [-0.15, -0.1) is 0 Å². The molecule has 1 atom stereocenters. The molecule has 0 radical (unpaired) electrons. The summed E-state index contributed by atoms with van der Waals surface area (Å²) in [5, 5.41) is 0. The second-order valence-corrected chi connectivity index (χ2v) is 20.3. The molecule has 0 aromatic carbocycles. The summed E-state index contributed by atoms with van der Waals surface area (Å²) in [6.07, 6.45) is 64.1. The monoisotopic (exact) mass is 905 g/mol. The first-order valence-corrected chi connectivity index (χ1v) is 29.6. The molecule has 0 N–H and O–H groups in total. The van der Waals surface area contributed by atoms with Crippen LogP contribution in [0.1, 0.15) is 342 Å². The van der Waals surface area contributed by atoms with E-state index in [1.54, 1.807) is 0 Å². The van der Waals surface area contributed by atoms with Crippen molar-refractivity contribution in [3.05, 3.63) is 0 Å². The second kappa shape index (κ2) is 56.2. The first kappa shape index (κ1) is 62.9. The van der Waals surface area contributed by atoms with E-state index in [1.807, 2.05) is 0 Å². The molecular weight excluding hydrogens is 789 g/mol. The third kappa shape index (κ3) is 53.5. The van der Waals surface area contributed by atoms with Gasteiger partial charge < -0.3 is 14.2 Å². The van der Waals surface area contributed by atoms with Crippen LogP contribution in [0.5, 0.6) is 0 Å². The van der Waals surface area contributed by atoms with E-state index in [1.165, 1.54) is 276 Å². The minimum atomic E-state index is -0.524. The number of unbranched alkanes of at least 4 members (excludes halogenated alkanes) is 45. The van der Waals surface area contributed by atoms with E-state index in [-0.39, 0.29) is 18.5 Å². The van der Waals surface area contributed by atoms with Gasteiger partial charge in [-0.2, -0.15) is 0 Å². The zero-order chi connectivity index (χ0) is 46.3. The fourth-order valence-corrected chi connectivity index (χ4v) is 9.22. The van der Waals surface area contributed by atoms with Gasteiger partial charge in [0.05, 0.1) is 6.61 Å². The van der Waals surface area contributed by atoms with E-state index in [4.69, 9.17) is 14.2 Å². The zero-order valence-corrected chi connectivity index (χ0v) is 44.1. The highest BCUT2D eigenvalue weighted by molar-refractivity contribution is 5.70. The van der Waals surface area contributed by atoms with Gasteiger partial charge in [0.2, 0.25) is 0 Å². The van der Waals surface area contributed by atoms with E-state index in [2.05, 4.69) is 20.8 Å². The number of carbonyl (C=O) groups is 2. The van der Waals surface area contributed by atoms with Crippen LogP contribution < -0.4 is 0 Å². The van der Waals surface area contributed by atoms with Crippen molar-refractivity contribution in [1.82, 2.24) is 0 Å². The number of esters is 2. The first-order valence-electron chi connectivity index (χ1n) is 29.6. The van der Waals surface area contributed by atoms with Crippen molar-refractivity contribution >= 4 is 11.9 Å². The van der Waals surface area contributed by atoms with Crippen LogP contribution in [0.4, 0.5) is 0 Å². The molecule has 0 bridgehead atoms. The van der Waals surface area contributed by atoms with Crippen LogP contribution in [-0.4, -0.2) is 37.9 Å². The zero-order valence-electron chi connectivity index (χ0n) is 44.1. The maximum absolute atomic E-state index is 12.9. The molecule has 382 valence electrons. The Labute approximate surface area is 402 Å². The normalized spacial score (nSPS) is 12.0. The van der Waals surface area contributed by atoms with Crippen LogP contribution in [0.2, 0.25) is 0 Å². The molecule has 1 unspecified atom stereocenters. The summed E-state index contributed by atoms with van der Waals surface area (Å²) in [7, 11) is 0. The van der Waals surface area contributed by atoms with Gasteiger partial charge in [0.15, 0.2) is 6.10 Å². The van der Waals surface area contributed by atoms with Crippen molar-refractivity contribution in [1.29, 1.82) is 0 Å². The third-order valence-corrected chi connectivity index (χ3v) is 13.6. The van der Waals surface area contributed by atoms with Crippen molar-refractivity contribution in [3.63, 3.8) is 0 Å². The molecule has 0 fully saturated rings. The van der Waals surface area contributed by atoms with Gasteiger partial charge in [0, 0.05) is 19.4 Å². The van der Waals surface area contributed by atoms with Crippen LogP contribution >= 0.6 is 0 Å². The molecule has 0 aromatic heterocycles. The topological polar surface area (TPSA) is 61.8 Å². The number of hydrogen-bond acceptors (Lipinski definition) is 5. The van der Waals surface area contributed by atoms with Gasteiger partial charge in [-0.3, -0.25) is 9.59 Å². The lowest BCUT2D eigenvalue weighted by atomic mass is 10.0. The van der Waals surface area contributed by atoms with Crippen LogP contribution in [0.15, 0.2) is 0 Å². The van der Waals surface area contributed by atoms with Crippen molar-refractivity contribution in [3.8, 4) is 0 Å². The van der Waals surface area contributed by atoms with Gasteiger partial charge in [0.25, 0.3) is 0 Å². The summed E-state index contributed by atoms with van der Waals surface area (Å²) >= 11 is 0. The highest BCUT2D eigenvalue weighted by Crippen LogP contribution is 2.18. The average Bonchev–Trinajstić information content (AvgIpc) is 3.30. The van der Waals surface area contributed by atoms with Crippen molar-refractivity contribution in [2.24, 2.45) is 0 Å². The molecule has 0 aliphatic carbocycles. The first-order chi connectivity index (χ1) is 31.6. The van der Waals surface area contributed by atoms with Gasteiger partial charge in [-0.05, 0) is 19.3 Å². The summed E-state index contributed by atoms with van der Waals surface area (Å²) in [6, 6.07) is 0. The smallest absolute Gasteiger partial charge is 0.306 e. The second-order valence-electron chi connectivity index (χ2n) is 20.3. The molecule has 0 saturated carbocycles. The van der Waals surface area contributed by atoms with Gasteiger partial charge in [0.1, 0.15) is 6.61 Å². The molecule has 0 spiro atoms. The molecular formula is C59H116O5. The van der Waals surface area contributed by atoms with Gasteiger partial charge >= 0.3 is 11.9 Å². The van der Waals surface area contributed by atoms with E-state index in [0.29, 0.717) is 26.1 Å². The number of carbonyl (C=O) groups excluding carboxylic acids is 2. The maximum Gasteiger partial charge on any atom is 0.306 e. The summed E-state index contributed by atoms with van der Waals surface area (Å²) in [6.45, 7) is 7.93. The number of hydrogen-bond donors (Lipinski definition) is 0. The Hall–Kier alpha value is -1.10. The fourth-order valence-electron chi connectivity index (χ4n) is 9.22. The lowest BCUT2D eigenvalue weighted by Crippen LogP contribution is -2.30. The molecule has 0 rings (SSSR count). The van der Waals surface area contributed by atoms with Gasteiger partial charge in [-0.1, -0.05) is 310 Å². The van der Waals surface area contributed by atoms with E-state index in [0.717, 1.165) is 32.1 Å². The summed E-state index contributed by atoms with van der Waals surface area (Å²) in [5.41, 5.74) is 0. The van der Waals surface area contributed by atoms with Crippen LogP contribution in [0.3, 0.4) is 0 Å². The summed E-state index contributed by atoms with van der Waals surface area (Å²) in [5.74, 6) is -0.364. The summed E-state index contributed by atoms with van der Waals surface area (Å²) < 4.78 is 17.5. The Morgan fingerprint density at radius 1 is 0.281 bits per heavy atom. The third-order valence-electron chi connectivity index (χ3n) is 13.6. The van der Waals surface area contributed by atoms with Crippen LogP contribution in [-0.2, 0) is 23.8 Å². The average molecular weight is 906 g/mol. The Balaban J connectivity index is 4.18. The lowest BCUT2D eigenvalue weighted by Gasteiger charge is -2.18. The highest BCUT2D eigenvalue weighted by Gasteiger charge is 2.18. The molecule has 0 aromatic rings. The molecule has 0 amide bonds. The Morgan fingerprint density at radius 3 is 0.797 bits per heavy atom. The minimum absolute atomic E-state index is 0.0986. The Morgan fingerprint density at radius 2 is 0.516 bits per heavy atom. The fraction of sp³-hybridized carbons (Fsp3) is 0.966. The maximum atomic E-state index is 12.9. The minimum Gasteiger partial charge on any atom is -0.462 e. The highest BCUT2D eigenvalue weighted by atomic mass is 16.6. The van der Waals surface area contributed by atoms with E-state index >= 15 is 0 Å². The molecule has 0 saturated heterocycles. The van der Waals surface area contributed by atoms with Crippen molar-refractivity contribution < 1.29 is 23.8 Å². The Kier molecular flexibility index (Phi) is 55.3. The number of ether oxygens (including phenoxy) is 3. The molecule has 0 heterocycles. The quantitative estimate of drug-likeness (QED) is 0.0449. The lowest BCUT2D eigenvalue weighted by molar-refractivity contribution is -0.163. The van der Waals surface area contributed by atoms with Crippen molar-refractivity contribution in [2.75, 3.05) is 19.8 Å². The van der Waals surface area contributed by atoms with E-state index in [9.17, 15) is 9.59 Å². The molecule has 0 aliphatic heterocycles. The molecule has 5 nitrogen and oxygen atoms in total. The van der Waals surface area contributed by atoms with Crippen LogP contribution in [0, 0.1) is 0 Å². The van der Waals surface area contributed by atoms with E-state index < -0.39 is 6.10 Å². The van der Waals surface area contributed by atoms with Gasteiger partial charge in [-0.25, -0.2) is 0 Å². The standard InChI is InChI=1S/C59H116O5/c1-4-7-10-13-16-19-22-25-28-30-32-34-37-40-43-46-49-52-58(60)63-56-57(55-62-54-51-48-45-42-39-36-33-29-26-23-20-17-14-11-8-5-2)64-59(61)53-50-47-44-41-38-35-31-27-24-21-18-15-12-9-6-3/h57H,4-56H2,1-3H3. The SMILES string of the molecule is CCCCCCCCCCCCCCCCCCCC(=O)OCC(COCCCCCCCCCCCCCCCCCC)OC(=O)CCCCCCCCCCCCCCCCC. The molecule has 0 aliphatic rings. The predicted molar refractivity (Wildman–Crippen MR) is 280 cm³/mol. The summed E-state index contributed by atoms with van der Waals surface area (Å²) in [4.78, 5) is 25.5. The predicted octanol–water partition coefficient (Wildman–Crippen LogP) is 20.0. The van der Waals surface area contributed by atoms with Crippen molar-refractivity contribution in [2.45, 2.75) is 348 Å².